The topological polar surface area (TPSA) is 94.2 Å². The van der Waals surface area contributed by atoms with Crippen molar-refractivity contribution < 1.29 is 19.1 Å². The molecule has 0 fully saturated rings. The van der Waals surface area contributed by atoms with Gasteiger partial charge in [0, 0.05) is 17.9 Å². The number of ether oxygens (including phenoxy) is 2. The first-order valence-electron chi connectivity index (χ1n) is 10.8. The Morgan fingerprint density at radius 3 is 1.64 bits per heavy atom. The largest absolute Gasteiger partial charge is 0.465 e. The number of carbonyl (C=O) groups excluding carboxylic acids is 2. The lowest BCUT2D eigenvalue weighted by Gasteiger charge is -2.13. The van der Waals surface area contributed by atoms with E-state index in [0.29, 0.717) is 31.4 Å². The van der Waals surface area contributed by atoms with Gasteiger partial charge in [0.15, 0.2) is 3.78 Å². The van der Waals surface area contributed by atoms with Crippen LogP contribution >= 0.6 is 111 Å². The van der Waals surface area contributed by atoms with E-state index < -0.39 is 11.9 Å². The molecule has 0 unspecified atom stereocenters. The molecule has 0 heterocycles. The van der Waals surface area contributed by atoms with Crippen LogP contribution in [0, 0.1) is 0 Å². The Morgan fingerprint density at radius 1 is 0.897 bits per heavy atom. The number of esters is 2. The molecular formula is C24H27Br4Cl2N3O4S2. The van der Waals surface area contributed by atoms with Gasteiger partial charge in [0.2, 0.25) is 0 Å². The van der Waals surface area contributed by atoms with E-state index in [4.69, 9.17) is 28.9 Å². The van der Waals surface area contributed by atoms with E-state index >= 15 is 0 Å². The highest BCUT2D eigenvalue weighted by molar-refractivity contribution is 9.11. The number of thiocarbonyl (C=S) groups is 2. The molecule has 0 aromatic heterocycles. The fourth-order valence-corrected chi connectivity index (χ4v) is 5.16. The molecule has 2 aromatic carbocycles. The minimum absolute atomic E-state index is 0.0556. The summed E-state index contributed by atoms with van der Waals surface area (Å²) in [5.74, 6) is -0.916. The van der Waals surface area contributed by atoms with Gasteiger partial charge < -0.3 is 20.1 Å². The van der Waals surface area contributed by atoms with Crippen LogP contribution in [-0.2, 0) is 9.47 Å². The molecule has 0 aliphatic carbocycles. The van der Waals surface area contributed by atoms with Gasteiger partial charge in [-0.25, -0.2) is 9.59 Å². The first-order chi connectivity index (χ1) is 18.2. The summed E-state index contributed by atoms with van der Waals surface area (Å²) >= 11 is 31.1. The molecule has 0 amide bonds. The van der Waals surface area contributed by atoms with Crippen LogP contribution in [0.15, 0.2) is 47.1 Å². The second kappa shape index (κ2) is 23.1. The Kier molecular flexibility index (Phi) is 24.1. The molecule has 2 rings (SSSR count). The fraction of sp³-hybridized carbons (Fsp3) is 0.333. The van der Waals surface area contributed by atoms with Gasteiger partial charge >= 0.3 is 11.9 Å². The Bertz CT molecular complexity index is 1160. The van der Waals surface area contributed by atoms with Gasteiger partial charge in [0.1, 0.15) is 5.69 Å². The van der Waals surface area contributed by atoms with Crippen LogP contribution in [0.5, 0.6) is 0 Å². The standard InChI is InChI=1S/C9H5Br2NO2S.C8H7Br2NO2.C6H15N.CCl2S/c1-14-9(13)6-2-5(10)3-7(11)8(6)12-4-15;1-13-8(12)5-2-4(9)3-6(10)7(5)11;1-4-7(5-2)6-3;2-1(3)4/h2-3H,1H3;2-3H,11H2,1H3;4-6H2,1-3H3;. The number of nitrogen functional groups attached to an aromatic ring is 1. The number of anilines is 1. The molecule has 216 valence electrons. The molecule has 0 aliphatic heterocycles. The molecular weight excluding hydrogens is 849 g/mol. The molecule has 0 aliphatic rings. The SMILES string of the molecule is CCN(CC)CC.COC(=O)c1cc(Br)cc(Br)c1N.COC(=O)c1cc(Br)cc(Br)c1N=C=S.S=C(Cl)Cl. The van der Waals surface area contributed by atoms with Crippen LogP contribution in [0.25, 0.3) is 0 Å². The number of benzene rings is 2. The van der Waals surface area contributed by atoms with Crippen molar-refractivity contribution in [2.24, 2.45) is 4.99 Å². The number of nitrogens with two attached hydrogens (primary N) is 1. The maximum absolute atomic E-state index is 11.4. The molecule has 0 radical (unpaired) electrons. The second-order valence-corrected chi connectivity index (χ2v) is 12.2. The summed E-state index contributed by atoms with van der Waals surface area (Å²) in [5.41, 5.74) is 7.14. The lowest BCUT2D eigenvalue weighted by atomic mass is 10.2. The minimum atomic E-state index is -0.471. The first-order valence-corrected chi connectivity index (χ1v) is 15.5. The van der Waals surface area contributed by atoms with Crippen LogP contribution in [0.4, 0.5) is 11.4 Å². The van der Waals surface area contributed by atoms with E-state index in [1.54, 1.807) is 24.3 Å². The van der Waals surface area contributed by atoms with Crippen molar-refractivity contribution >= 4 is 144 Å². The zero-order chi connectivity index (χ0) is 30.7. The maximum atomic E-state index is 11.4. The van der Waals surface area contributed by atoms with Crippen molar-refractivity contribution in [1.82, 2.24) is 4.90 Å². The van der Waals surface area contributed by atoms with Crippen molar-refractivity contribution in [3.05, 3.63) is 53.3 Å². The van der Waals surface area contributed by atoms with Crippen molar-refractivity contribution in [2.45, 2.75) is 20.8 Å². The van der Waals surface area contributed by atoms with E-state index in [1.165, 1.54) is 33.9 Å². The molecule has 0 bridgehead atoms. The van der Waals surface area contributed by atoms with Gasteiger partial charge in [-0.05, 0) is 88.0 Å². The van der Waals surface area contributed by atoms with Crippen LogP contribution in [0.3, 0.4) is 0 Å². The summed E-state index contributed by atoms with van der Waals surface area (Å²) in [7, 11) is 2.62. The first kappa shape index (κ1) is 40.7. The number of carbonyl (C=O) groups is 2. The lowest BCUT2D eigenvalue weighted by molar-refractivity contribution is 0.0592. The summed E-state index contributed by atoms with van der Waals surface area (Å²) in [5, 5.41) is 2.22. The number of aliphatic imine (C=N–C) groups is 1. The Labute approximate surface area is 283 Å². The van der Waals surface area contributed by atoms with E-state index in [2.05, 4.69) is 133 Å². The lowest BCUT2D eigenvalue weighted by Crippen LogP contribution is -2.21. The van der Waals surface area contributed by atoms with Gasteiger partial charge in [-0.15, -0.1) is 0 Å². The van der Waals surface area contributed by atoms with Gasteiger partial charge in [-0.1, -0.05) is 88.1 Å². The Balaban J connectivity index is 0. The van der Waals surface area contributed by atoms with Crippen molar-refractivity contribution in [1.29, 1.82) is 0 Å². The average Bonchev–Trinajstić information content (AvgIpc) is 2.88. The molecule has 0 atom stereocenters. The molecule has 0 saturated heterocycles. The van der Waals surface area contributed by atoms with Crippen molar-refractivity contribution in [3.63, 3.8) is 0 Å². The smallest absolute Gasteiger partial charge is 0.340 e. The minimum Gasteiger partial charge on any atom is -0.465 e. The number of hydrogen-bond acceptors (Lipinski definition) is 9. The zero-order valence-corrected chi connectivity index (χ0v) is 31.1. The summed E-state index contributed by atoms with van der Waals surface area (Å²) in [6.07, 6.45) is 0. The van der Waals surface area contributed by atoms with E-state index in [0.717, 1.165) is 8.95 Å². The normalized spacial score (nSPS) is 9.33. The Hall–Kier alpha value is -0.470. The number of rotatable bonds is 6. The summed E-state index contributed by atoms with van der Waals surface area (Å²) < 4.78 is 12.0. The number of isothiocyanates is 1. The summed E-state index contributed by atoms with van der Waals surface area (Å²) in [4.78, 5) is 28.8. The molecule has 15 heteroatoms. The summed E-state index contributed by atoms with van der Waals surface area (Å²) in [6.45, 7) is 10.1. The highest BCUT2D eigenvalue weighted by Gasteiger charge is 2.15. The van der Waals surface area contributed by atoms with Gasteiger partial charge in [-0.3, -0.25) is 0 Å². The van der Waals surface area contributed by atoms with E-state index in [-0.39, 0.29) is 3.78 Å². The number of hydrogen-bond donors (Lipinski definition) is 1. The molecule has 0 spiro atoms. The zero-order valence-electron chi connectivity index (χ0n) is 21.6. The molecule has 2 N–H and O–H groups in total. The van der Waals surface area contributed by atoms with Crippen LogP contribution < -0.4 is 5.73 Å². The van der Waals surface area contributed by atoms with Gasteiger partial charge in [0.05, 0.1) is 36.2 Å². The van der Waals surface area contributed by atoms with Crippen LogP contribution in [0.1, 0.15) is 41.5 Å². The third kappa shape index (κ3) is 17.2. The third-order valence-corrected chi connectivity index (χ3v) is 6.70. The van der Waals surface area contributed by atoms with Crippen LogP contribution in [-0.4, -0.2) is 59.6 Å². The predicted octanol–water partition coefficient (Wildman–Crippen LogP) is 9.41. The third-order valence-electron chi connectivity index (χ3n) is 4.43. The maximum Gasteiger partial charge on any atom is 0.340 e. The highest BCUT2D eigenvalue weighted by Crippen LogP contribution is 2.33. The number of nitrogens with zero attached hydrogens (tertiary/aromatic N) is 2. The predicted molar refractivity (Wildman–Crippen MR) is 183 cm³/mol. The Morgan fingerprint density at radius 2 is 1.28 bits per heavy atom. The molecule has 7 nitrogen and oxygen atoms in total. The highest BCUT2D eigenvalue weighted by atomic mass is 79.9. The van der Waals surface area contributed by atoms with Gasteiger partial charge in [0.25, 0.3) is 0 Å². The molecule has 2 aromatic rings. The monoisotopic (exact) mass is 871 g/mol. The quantitative estimate of drug-likeness (QED) is 0.101. The van der Waals surface area contributed by atoms with E-state index in [9.17, 15) is 9.59 Å². The van der Waals surface area contributed by atoms with Crippen molar-refractivity contribution in [2.75, 3.05) is 39.6 Å². The fourth-order valence-electron chi connectivity index (χ4n) is 2.53. The van der Waals surface area contributed by atoms with E-state index in [1.807, 2.05) is 0 Å². The number of halogens is 6. The average molecular weight is 876 g/mol. The number of methoxy groups -OCH3 is 2. The van der Waals surface area contributed by atoms with Gasteiger partial charge in [-0.2, -0.15) is 4.99 Å². The van der Waals surface area contributed by atoms with Crippen molar-refractivity contribution in [3.8, 4) is 0 Å². The van der Waals surface area contributed by atoms with Crippen LogP contribution in [0.2, 0.25) is 0 Å². The molecule has 0 saturated carbocycles. The summed E-state index contributed by atoms with van der Waals surface area (Å²) in [6, 6.07) is 6.76. The molecule has 39 heavy (non-hydrogen) atoms. The second-order valence-electron chi connectivity index (χ2n) is 6.66.